The number of benzene rings is 1. The van der Waals surface area contributed by atoms with Gasteiger partial charge in [-0.2, -0.15) is 0 Å². The van der Waals surface area contributed by atoms with Crippen LogP contribution in [0.4, 0.5) is 0 Å². The van der Waals surface area contributed by atoms with Crippen molar-refractivity contribution in [2.75, 3.05) is 0 Å². The van der Waals surface area contributed by atoms with Crippen LogP contribution in [0, 0.1) is 5.41 Å². The van der Waals surface area contributed by atoms with E-state index in [0.717, 1.165) is 19.0 Å². The predicted molar refractivity (Wildman–Crippen MR) is 92.9 cm³/mol. The van der Waals surface area contributed by atoms with Crippen LogP contribution in [0.2, 0.25) is 0 Å². The summed E-state index contributed by atoms with van der Waals surface area (Å²) in [5, 5.41) is 8.81. The lowest BCUT2D eigenvalue weighted by Gasteiger charge is -2.56. The topological polar surface area (TPSA) is 52.6 Å². The average molecular weight is 328 g/mol. The van der Waals surface area contributed by atoms with Crippen molar-refractivity contribution in [3.8, 4) is 0 Å². The molecule has 0 unspecified atom stereocenters. The van der Waals surface area contributed by atoms with E-state index in [4.69, 9.17) is 5.21 Å². The van der Waals surface area contributed by atoms with E-state index in [9.17, 15) is 4.79 Å². The summed E-state index contributed by atoms with van der Waals surface area (Å²) in [5.41, 5.74) is 5.54. The van der Waals surface area contributed by atoms with Gasteiger partial charge in [-0.25, -0.2) is 5.48 Å². The van der Waals surface area contributed by atoms with Crippen molar-refractivity contribution in [1.82, 2.24) is 10.4 Å². The molecule has 0 radical (unpaired) electrons. The summed E-state index contributed by atoms with van der Waals surface area (Å²) < 4.78 is 0. The lowest BCUT2D eigenvalue weighted by molar-refractivity contribution is -0.0471. The van der Waals surface area contributed by atoms with Gasteiger partial charge in [0.05, 0.1) is 0 Å². The molecule has 4 rings (SSSR count). The zero-order valence-corrected chi connectivity index (χ0v) is 14.6. The number of nitrogens with zero attached hydrogens (tertiary/aromatic N) is 1. The minimum Gasteiger partial charge on any atom is -0.293 e. The molecule has 2 aliphatic carbocycles. The SMILES string of the molecule is C[C@@H]1Cc2cc(C(=O)NO)ccc2CN1C1CC2(CCCCC2)C1. The van der Waals surface area contributed by atoms with E-state index in [1.807, 2.05) is 12.1 Å². The summed E-state index contributed by atoms with van der Waals surface area (Å²) in [4.78, 5) is 14.3. The molecule has 1 amide bonds. The second kappa shape index (κ2) is 6.16. The predicted octanol–water partition coefficient (Wildman–Crippen LogP) is 3.67. The lowest BCUT2D eigenvalue weighted by atomic mass is 9.57. The zero-order chi connectivity index (χ0) is 16.7. The maximum Gasteiger partial charge on any atom is 0.274 e. The van der Waals surface area contributed by atoms with Crippen molar-refractivity contribution in [2.45, 2.75) is 76.9 Å². The van der Waals surface area contributed by atoms with Crippen LogP contribution in [-0.2, 0) is 13.0 Å². The number of hydroxylamine groups is 1. The molecule has 0 bridgehead atoms. The van der Waals surface area contributed by atoms with E-state index in [1.54, 1.807) is 5.48 Å². The van der Waals surface area contributed by atoms with Gasteiger partial charge in [0.25, 0.3) is 5.91 Å². The summed E-state index contributed by atoms with van der Waals surface area (Å²) >= 11 is 0. The van der Waals surface area contributed by atoms with Crippen LogP contribution in [0.15, 0.2) is 18.2 Å². The van der Waals surface area contributed by atoms with Gasteiger partial charge in [-0.1, -0.05) is 25.3 Å². The first kappa shape index (κ1) is 16.1. The second-order valence-electron chi connectivity index (χ2n) is 8.27. The van der Waals surface area contributed by atoms with Gasteiger partial charge in [0.15, 0.2) is 0 Å². The molecule has 2 N–H and O–H groups in total. The molecule has 1 heterocycles. The fourth-order valence-electron chi connectivity index (χ4n) is 5.34. The number of nitrogens with one attached hydrogen (secondary N) is 1. The lowest BCUT2D eigenvalue weighted by Crippen LogP contribution is -2.55. The third-order valence-electron chi connectivity index (χ3n) is 6.72. The fourth-order valence-corrected chi connectivity index (χ4v) is 5.34. The number of amides is 1. The Labute approximate surface area is 144 Å². The number of carbonyl (C=O) groups excluding carboxylic acids is 1. The Morgan fingerprint density at radius 3 is 2.67 bits per heavy atom. The molecule has 2 fully saturated rings. The van der Waals surface area contributed by atoms with Gasteiger partial charge in [0.1, 0.15) is 0 Å². The highest BCUT2D eigenvalue weighted by molar-refractivity contribution is 5.93. The van der Waals surface area contributed by atoms with Crippen molar-refractivity contribution >= 4 is 5.91 Å². The molecular formula is C20H28N2O2. The highest BCUT2D eigenvalue weighted by Crippen LogP contribution is 2.54. The first-order chi connectivity index (χ1) is 11.6. The van der Waals surface area contributed by atoms with Gasteiger partial charge in [-0.05, 0) is 67.7 Å². The fraction of sp³-hybridized carbons (Fsp3) is 0.650. The van der Waals surface area contributed by atoms with E-state index in [0.29, 0.717) is 17.0 Å². The molecule has 0 saturated heterocycles. The van der Waals surface area contributed by atoms with Gasteiger partial charge in [-0.15, -0.1) is 0 Å². The van der Waals surface area contributed by atoms with Gasteiger partial charge in [0.2, 0.25) is 0 Å². The Morgan fingerprint density at radius 1 is 1.21 bits per heavy atom. The second-order valence-corrected chi connectivity index (χ2v) is 8.27. The number of hydrogen-bond donors (Lipinski definition) is 2. The summed E-state index contributed by atoms with van der Waals surface area (Å²) in [6.07, 6.45) is 11.0. The van der Waals surface area contributed by atoms with Crippen molar-refractivity contribution in [3.63, 3.8) is 0 Å². The van der Waals surface area contributed by atoms with Crippen molar-refractivity contribution in [1.29, 1.82) is 0 Å². The van der Waals surface area contributed by atoms with Gasteiger partial charge in [-0.3, -0.25) is 14.9 Å². The van der Waals surface area contributed by atoms with Gasteiger partial charge >= 0.3 is 0 Å². The molecule has 1 atom stereocenters. The minimum absolute atomic E-state index is 0.425. The van der Waals surface area contributed by atoms with Crippen LogP contribution >= 0.6 is 0 Å². The summed E-state index contributed by atoms with van der Waals surface area (Å²) in [7, 11) is 0. The molecular weight excluding hydrogens is 300 g/mol. The highest BCUT2D eigenvalue weighted by Gasteiger charge is 2.47. The summed E-state index contributed by atoms with van der Waals surface area (Å²) in [6, 6.07) is 7.09. The maximum absolute atomic E-state index is 11.6. The van der Waals surface area contributed by atoms with E-state index in [1.165, 1.54) is 56.1 Å². The zero-order valence-electron chi connectivity index (χ0n) is 14.6. The smallest absolute Gasteiger partial charge is 0.274 e. The van der Waals surface area contributed by atoms with E-state index < -0.39 is 5.91 Å². The van der Waals surface area contributed by atoms with Crippen LogP contribution in [0.1, 0.15) is 73.4 Å². The number of fused-ring (bicyclic) bond motifs is 1. The number of carbonyl (C=O) groups is 1. The standard InChI is InChI=1S/C20H28N2O2/c1-14-9-17-10-15(19(23)21-24)5-6-16(17)13-22(14)18-11-20(12-18)7-3-2-4-8-20/h5-6,10,14,18,24H,2-4,7-9,11-13H2,1H3,(H,21,23)/t14-/m1/s1. The first-order valence-electron chi connectivity index (χ1n) is 9.42. The Morgan fingerprint density at radius 2 is 1.96 bits per heavy atom. The van der Waals surface area contributed by atoms with Gasteiger partial charge in [0, 0.05) is 24.2 Å². The first-order valence-corrected chi connectivity index (χ1v) is 9.42. The number of hydrogen-bond acceptors (Lipinski definition) is 3. The Kier molecular flexibility index (Phi) is 4.13. The molecule has 3 aliphatic rings. The van der Waals surface area contributed by atoms with Crippen molar-refractivity contribution in [2.24, 2.45) is 5.41 Å². The molecule has 1 aromatic carbocycles. The van der Waals surface area contributed by atoms with Crippen LogP contribution in [-0.4, -0.2) is 28.1 Å². The molecule has 0 aromatic heterocycles. The highest BCUT2D eigenvalue weighted by atomic mass is 16.5. The molecule has 1 aromatic rings. The molecule has 2 saturated carbocycles. The minimum atomic E-state index is -0.425. The molecule has 4 heteroatoms. The molecule has 1 spiro atoms. The Bertz CT molecular complexity index is 629. The molecule has 24 heavy (non-hydrogen) atoms. The Hall–Kier alpha value is -1.39. The van der Waals surface area contributed by atoms with Crippen molar-refractivity contribution in [3.05, 3.63) is 34.9 Å². The molecule has 1 aliphatic heterocycles. The third kappa shape index (κ3) is 2.76. The third-order valence-corrected chi connectivity index (χ3v) is 6.72. The number of rotatable bonds is 2. The van der Waals surface area contributed by atoms with Crippen molar-refractivity contribution < 1.29 is 10.0 Å². The summed E-state index contributed by atoms with van der Waals surface area (Å²) in [5.74, 6) is -0.425. The van der Waals surface area contributed by atoms with Crippen LogP contribution < -0.4 is 5.48 Å². The van der Waals surface area contributed by atoms with Crippen LogP contribution in [0.3, 0.4) is 0 Å². The summed E-state index contributed by atoms with van der Waals surface area (Å²) in [6.45, 7) is 3.31. The van der Waals surface area contributed by atoms with Crippen LogP contribution in [0.25, 0.3) is 0 Å². The molecule has 4 nitrogen and oxygen atoms in total. The average Bonchev–Trinajstić information content (AvgIpc) is 2.58. The molecule has 130 valence electrons. The monoisotopic (exact) mass is 328 g/mol. The largest absolute Gasteiger partial charge is 0.293 e. The van der Waals surface area contributed by atoms with Gasteiger partial charge < -0.3 is 0 Å². The quantitative estimate of drug-likeness (QED) is 0.643. The maximum atomic E-state index is 11.6. The van der Waals surface area contributed by atoms with Crippen LogP contribution in [0.5, 0.6) is 0 Å². The Balaban J connectivity index is 1.46. The van der Waals surface area contributed by atoms with E-state index in [-0.39, 0.29) is 0 Å². The normalized spacial score (nSPS) is 26.7. The van der Waals surface area contributed by atoms with E-state index in [2.05, 4.69) is 17.9 Å². The van der Waals surface area contributed by atoms with E-state index >= 15 is 0 Å².